The zero-order valence-electron chi connectivity index (χ0n) is 12.8. The van der Waals surface area contributed by atoms with Crippen LogP contribution in [0.25, 0.3) is 5.57 Å². The van der Waals surface area contributed by atoms with Gasteiger partial charge in [-0.25, -0.2) is 4.79 Å². The number of amides is 1. The number of nitrogens with zero attached hydrogens (tertiary/aromatic N) is 2. The first-order valence-electron chi connectivity index (χ1n) is 7.92. The third-order valence-electron chi connectivity index (χ3n) is 5.04. The summed E-state index contributed by atoms with van der Waals surface area (Å²) >= 11 is 0. The first kappa shape index (κ1) is 14.0. The van der Waals surface area contributed by atoms with E-state index < -0.39 is 6.09 Å². The summed E-state index contributed by atoms with van der Waals surface area (Å²) in [7, 11) is 0. The Labute approximate surface area is 135 Å². The van der Waals surface area contributed by atoms with Gasteiger partial charge in [-0.3, -0.25) is 4.98 Å². The molecule has 4 rings (SSSR count). The van der Waals surface area contributed by atoms with E-state index >= 15 is 0 Å². The van der Waals surface area contributed by atoms with Crippen molar-refractivity contribution in [3.63, 3.8) is 0 Å². The Morgan fingerprint density at radius 1 is 1.09 bits per heavy atom. The summed E-state index contributed by atoms with van der Waals surface area (Å²) in [5, 5.41) is 9.20. The van der Waals surface area contributed by atoms with E-state index in [1.54, 1.807) is 0 Å². The van der Waals surface area contributed by atoms with Crippen molar-refractivity contribution >= 4 is 11.7 Å². The van der Waals surface area contributed by atoms with E-state index in [2.05, 4.69) is 35.3 Å². The Hall–Kier alpha value is -2.62. The summed E-state index contributed by atoms with van der Waals surface area (Å²) in [6.45, 7) is 1.16. The molecule has 1 aromatic carbocycles. The summed E-state index contributed by atoms with van der Waals surface area (Å²) in [4.78, 5) is 17.2. The van der Waals surface area contributed by atoms with Crippen molar-refractivity contribution in [1.82, 2.24) is 9.88 Å². The van der Waals surface area contributed by atoms with Gasteiger partial charge in [-0.05, 0) is 36.1 Å². The fourth-order valence-corrected chi connectivity index (χ4v) is 3.83. The number of likely N-dealkylation sites (tertiary alicyclic amines) is 1. The van der Waals surface area contributed by atoms with Crippen LogP contribution < -0.4 is 0 Å². The van der Waals surface area contributed by atoms with Gasteiger partial charge in [0.1, 0.15) is 0 Å². The molecule has 1 aliphatic heterocycles. The van der Waals surface area contributed by atoms with E-state index in [0.29, 0.717) is 13.1 Å². The van der Waals surface area contributed by atoms with Gasteiger partial charge in [-0.2, -0.15) is 0 Å². The molecule has 0 saturated carbocycles. The van der Waals surface area contributed by atoms with Crippen LogP contribution in [0.5, 0.6) is 0 Å². The molecule has 1 amide bonds. The average molecular weight is 306 g/mol. The molecule has 1 aliphatic carbocycles. The van der Waals surface area contributed by atoms with Crippen LogP contribution in [0.15, 0.2) is 54.7 Å². The van der Waals surface area contributed by atoms with Crippen LogP contribution in [0.3, 0.4) is 0 Å². The maximum atomic E-state index is 11.2. The average Bonchev–Trinajstić information content (AvgIpc) is 2.91. The summed E-state index contributed by atoms with van der Waals surface area (Å²) in [6, 6.07) is 14.4. The third kappa shape index (κ3) is 2.22. The molecule has 116 valence electrons. The normalized spacial score (nSPS) is 18.6. The highest BCUT2D eigenvalue weighted by atomic mass is 16.4. The quantitative estimate of drug-likeness (QED) is 0.876. The van der Waals surface area contributed by atoms with Crippen molar-refractivity contribution in [2.75, 3.05) is 13.1 Å². The van der Waals surface area contributed by atoms with Gasteiger partial charge in [-0.1, -0.05) is 36.4 Å². The lowest BCUT2D eigenvalue weighted by molar-refractivity contribution is 0.124. The largest absolute Gasteiger partial charge is 0.465 e. The van der Waals surface area contributed by atoms with Gasteiger partial charge in [-0.15, -0.1) is 0 Å². The zero-order valence-corrected chi connectivity index (χ0v) is 12.8. The fourth-order valence-electron chi connectivity index (χ4n) is 3.83. The molecule has 1 aromatic heterocycles. The maximum Gasteiger partial charge on any atom is 0.407 e. The number of hydrogen-bond donors (Lipinski definition) is 1. The minimum absolute atomic E-state index is 0.0601. The standard InChI is InChI=1S/C19H18N2O2/c22-18(23)21-11-8-19(9-12-21)13-15(17-7-3-4-10-20-17)14-5-1-2-6-16(14)19/h1-7,10,13H,8-9,11-12H2,(H,22,23). The van der Waals surface area contributed by atoms with E-state index in [9.17, 15) is 9.90 Å². The Balaban J connectivity index is 1.77. The second-order valence-electron chi connectivity index (χ2n) is 6.24. The molecule has 23 heavy (non-hydrogen) atoms. The van der Waals surface area contributed by atoms with Crippen molar-refractivity contribution in [3.05, 3.63) is 71.6 Å². The number of carbonyl (C=O) groups is 1. The number of allylic oxidation sites excluding steroid dienone is 1. The van der Waals surface area contributed by atoms with Gasteiger partial charge in [0, 0.05) is 30.3 Å². The number of aromatic nitrogens is 1. The van der Waals surface area contributed by atoms with Gasteiger partial charge in [0.2, 0.25) is 0 Å². The summed E-state index contributed by atoms with van der Waals surface area (Å²) < 4.78 is 0. The van der Waals surface area contributed by atoms with Crippen LogP contribution in [0, 0.1) is 0 Å². The van der Waals surface area contributed by atoms with Crippen LogP contribution in [0.4, 0.5) is 4.79 Å². The second kappa shape index (κ2) is 5.23. The highest BCUT2D eigenvalue weighted by molar-refractivity contribution is 5.85. The molecule has 1 saturated heterocycles. The molecule has 0 unspecified atom stereocenters. The zero-order chi connectivity index (χ0) is 15.9. The molecule has 1 spiro atoms. The van der Waals surface area contributed by atoms with Gasteiger partial charge in [0.25, 0.3) is 0 Å². The lowest BCUT2D eigenvalue weighted by atomic mass is 9.74. The fraction of sp³-hybridized carbons (Fsp3) is 0.263. The Morgan fingerprint density at radius 2 is 1.83 bits per heavy atom. The molecule has 1 fully saturated rings. The summed E-state index contributed by atoms with van der Waals surface area (Å²) in [6.07, 6.45) is 4.97. The molecular formula is C19H18N2O2. The van der Waals surface area contributed by atoms with Crippen molar-refractivity contribution in [3.8, 4) is 0 Å². The molecule has 0 radical (unpaired) electrons. The maximum absolute atomic E-state index is 11.2. The molecule has 1 N–H and O–H groups in total. The number of piperidine rings is 1. The van der Waals surface area contributed by atoms with Crippen molar-refractivity contribution in [1.29, 1.82) is 0 Å². The van der Waals surface area contributed by atoms with Crippen molar-refractivity contribution in [2.24, 2.45) is 0 Å². The summed E-state index contributed by atoms with van der Waals surface area (Å²) in [5.74, 6) is 0. The van der Waals surface area contributed by atoms with E-state index in [0.717, 1.165) is 18.5 Å². The first-order valence-corrected chi connectivity index (χ1v) is 7.92. The Morgan fingerprint density at radius 3 is 2.52 bits per heavy atom. The molecule has 2 aliphatic rings. The van der Waals surface area contributed by atoms with E-state index in [1.165, 1.54) is 21.6 Å². The topological polar surface area (TPSA) is 53.4 Å². The summed E-state index contributed by atoms with van der Waals surface area (Å²) in [5.41, 5.74) is 4.64. The van der Waals surface area contributed by atoms with Crippen molar-refractivity contribution < 1.29 is 9.90 Å². The number of carboxylic acid groups (broad SMARTS) is 1. The van der Waals surface area contributed by atoms with Gasteiger partial charge in [0.15, 0.2) is 0 Å². The smallest absolute Gasteiger partial charge is 0.407 e. The Kier molecular flexibility index (Phi) is 3.18. The van der Waals surface area contributed by atoms with E-state index in [1.807, 2.05) is 24.4 Å². The highest BCUT2D eigenvalue weighted by Crippen LogP contribution is 2.48. The second-order valence-corrected chi connectivity index (χ2v) is 6.24. The molecule has 2 aromatic rings. The predicted molar refractivity (Wildman–Crippen MR) is 88.3 cm³/mol. The number of hydrogen-bond acceptors (Lipinski definition) is 2. The SMILES string of the molecule is O=C(O)N1CCC2(C=C(c3ccccn3)c3ccccc32)CC1. The van der Waals surface area contributed by atoms with Gasteiger partial charge < -0.3 is 10.0 Å². The molecule has 0 bridgehead atoms. The molecule has 2 heterocycles. The molecule has 4 nitrogen and oxygen atoms in total. The van der Waals surface area contributed by atoms with Crippen LogP contribution in [-0.2, 0) is 5.41 Å². The van der Waals surface area contributed by atoms with Crippen LogP contribution >= 0.6 is 0 Å². The van der Waals surface area contributed by atoms with Crippen LogP contribution in [0.1, 0.15) is 29.7 Å². The van der Waals surface area contributed by atoms with Crippen LogP contribution in [0.2, 0.25) is 0 Å². The number of rotatable bonds is 1. The van der Waals surface area contributed by atoms with Gasteiger partial charge >= 0.3 is 6.09 Å². The monoisotopic (exact) mass is 306 g/mol. The Bertz CT molecular complexity index is 775. The highest BCUT2D eigenvalue weighted by Gasteiger charge is 2.41. The van der Waals surface area contributed by atoms with Crippen molar-refractivity contribution in [2.45, 2.75) is 18.3 Å². The van der Waals surface area contributed by atoms with Crippen LogP contribution in [-0.4, -0.2) is 34.2 Å². The van der Waals surface area contributed by atoms with E-state index in [4.69, 9.17) is 0 Å². The lowest BCUT2D eigenvalue weighted by Gasteiger charge is -2.38. The minimum atomic E-state index is -0.819. The molecular weight excluding hydrogens is 288 g/mol. The first-order chi connectivity index (χ1) is 11.2. The lowest BCUT2D eigenvalue weighted by Crippen LogP contribution is -2.43. The number of pyridine rings is 1. The predicted octanol–water partition coefficient (Wildman–Crippen LogP) is 3.54. The van der Waals surface area contributed by atoms with E-state index in [-0.39, 0.29) is 5.41 Å². The number of fused-ring (bicyclic) bond motifs is 2. The number of benzene rings is 1. The molecule has 0 atom stereocenters. The van der Waals surface area contributed by atoms with Gasteiger partial charge in [0.05, 0.1) is 5.69 Å². The molecule has 4 heteroatoms. The minimum Gasteiger partial charge on any atom is -0.465 e. The third-order valence-corrected chi connectivity index (χ3v) is 5.04.